The number of carbonyl (C=O) groups is 1. The van der Waals surface area contributed by atoms with E-state index < -0.39 is 12.1 Å². The number of halogens is 1. The smallest absolute Gasteiger partial charge is 0.337 e. The minimum atomic E-state index is -1.72. The summed E-state index contributed by atoms with van der Waals surface area (Å²) in [5, 5.41) is 25.1. The molecule has 0 saturated carbocycles. The van der Waals surface area contributed by atoms with Crippen molar-refractivity contribution in [3.05, 3.63) is 71.7 Å². The molecule has 2 aromatic carbocycles. The molecular formula is C28H29FN4O3. The molecule has 5 rings (SSSR count). The fourth-order valence-corrected chi connectivity index (χ4v) is 4.87. The highest BCUT2D eigenvalue weighted by atomic mass is 19.1. The fourth-order valence-electron chi connectivity index (χ4n) is 4.87. The zero-order valence-electron chi connectivity index (χ0n) is 20.6. The number of rotatable bonds is 5. The first-order valence-electron chi connectivity index (χ1n) is 12.1. The largest absolute Gasteiger partial charge is 0.479 e. The first-order chi connectivity index (χ1) is 17.1. The molecule has 4 aromatic rings. The van der Waals surface area contributed by atoms with E-state index in [9.17, 15) is 19.4 Å². The van der Waals surface area contributed by atoms with Crippen LogP contribution in [0.5, 0.6) is 0 Å². The lowest BCUT2D eigenvalue weighted by Crippen LogP contribution is -2.39. The number of carboxylic acid groups (broad SMARTS) is 1. The normalized spacial score (nSPS) is 16.3. The van der Waals surface area contributed by atoms with Gasteiger partial charge in [0.15, 0.2) is 11.8 Å². The Labute approximate surface area is 208 Å². The van der Waals surface area contributed by atoms with Gasteiger partial charge in [0.1, 0.15) is 11.6 Å². The van der Waals surface area contributed by atoms with E-state index in [-0.39, 0.29) is 16.8 Å². The molecule has 1 aliphatic rings. The number of aliphatic carboxylic acids is 1. The van der Waals surface area contributed by atoms with E-state index >= 15 is 0 Å². The Morgan fingerprint density at radius 2 is 1.75 bits per heavy atom. The van der Waals surface area contributed by atoms with E-state index in [0.717, 1.165) is 24.0 Å². The minimum Gasteiger partial charge on any atom is -0.479 e. The van der Waals surface area contributed by atoms with Crippen LogP contribution in [0.15, 0.2) is 54.6 Å². The Morgan fingerprint density at radius 3 is 2.44 bits per heavy atom. The van der Waals surface area contributed by atoms with Crippen LogP contribution in [0.25, 0.3) is 28.0 Å². The van der Waals surface area contributed by atoms with E-state index in [1.165, 1.54) is 6.07 Å². The molecule has 2 N–H and O–H groups in total. The van der Waals surface area contributed by atoms with Gasteiger partial charge in [-0.15, -0.1) is 0 Å². The first kappa shape index (κ1) is 23.9. The molecule has 2 aromatic heterocycles. The van der Waals surface area contributed by atoms with Gasteiger partial charge in [0.05, 0.1) is 11.3 Å². The number of nitrogens with zero attached hydrogens (tertiary/aromatic N) is 4. The van der Waals surface area contributed by atoms with Crippen LogP contribution in [0.4, 0.5) is 10.2 Å². The molecule has 186 valence electrons. The Bertz CT molecular complexity index is 1450. The molecule has 0 amide bonds. The maximum Gasteiger partial charge on any atom is 0.337 e. The molecule has 0 radical (unpaired) electrons. The molecule has 1 atom stereocenters. The number of benzene rings is 2. The SMILES string of the molecule is Cc1nc2cc(-c3cccc(-c4ccccc4F)c3)nn2c(N2CCC(C)(C)CC2)c1[C@H](O)C(=O)O. The molecule has 0 unspecified atom stereocenters. The number of piperidine rings is 1. The van der Waals surface area contributed by atoms with E-state index in [1.807, 2.05) is 30.3 Å². The van der Waals surface area contributed by atoms with Gasteiger partial charge in [-0.3, -0.25) is 0 Å². The standard InChI is InChI=1S/C28H29FN4O3/c1-17-24(25(34)27(35)36)26(32-13-11-28(2,3)12-14-32)33-23(30-17)16-22(31-33)19-8-6-7-18(15-19)20-9-4-5-10-21(20)29/h4-10,15-16,25,34H,11-14H2,1-3H3,(H,35,36)/t25-/m0/s1. The van der Waals surface area contributed by atoms with Crippen LogP contribution in [-0.2, 0) is 4.79 Å². The number of fused-ring (bicyclic) bond motifs is 1. The Morgan fingerprint density at radius 1 is 1.06 bits per heavy atom. The second kappa shape index (κ2) is 9.02. The van der Waals surface area contributed by atoms with Crippen molar-refractivity contribution >= 4 is 17.4 Å². The average Bonchev–Trinajstić information content (AvgIpc) is 3.27. The van der Waals surface area contributed by atoms with Gasteiger partial charge in [0.25, 0.3) is 0 Å². The van der Waals surface area contributed by atoms with Crippen molar-refractivity contribution in [3.8, 4) is 22.4 Å². The summed E-state index contributed by atoms with van der Waals surface area (Å²) in [5.74, 6) is -1.08. The number of aliphatic hydroxyl groups is 1. The van der Waals surface area contributed by atoms with Gasteiger partial charge in [-0.1, -0.05) is 50.2 Å². The number of aryl methyl sites for hydroxylation is 1. The summed E-state index contributed by atoms with van der Waals surface area (Å²) >= 11 is 0. The quantitative estimate of drug-likeness (QED) is 0.399. The van der Waals surface area contributed by atoms with Gasteiger partial charge in [0.2, 0.25) is 0 Å². The summed E-state index contributed by atoms with van der Waals surface area (Å²) in [6.07, 6.45) is 0.137. The number of aliphatic hydroxyl groups excluding tert-OH is 1. The van der Waals surface area contributed by atoms with Crippen LogP contribution < -0.4 is 4.90 Å². The van der Waals surface area contributed by atoms with Gasteiger partial charge in [-0.25, -0.2) is 14.2 Å². The van der Waals surface area contributed by atoms with Crippen molar-refractivity contribution in [1.29, 1.82) is 0 Å². The topological polar surface area (TPSA) is 91.0 Å². The molecule has 1 aliphatic heterocycles. The summed E-state index contributed by atoms with van der Waals surface area (Å²) < 4.78 is 16.0. The summed E-state index contributed by atoms with van der Waals surface area (Å²) in [7, 11) is 0. The average molecular weight is 489 g/mol. The van der Waals surface area contributed by atoms with Crippen LogP contribution >= 0.6 is 0 Å². The lowest BCUT2D eigenvalue weighted by Gasteiger charge is -2.39. The third-order valence-corrected chi connectivity index (χ3v) is 7.07. The predicted molar refractivity (Wildman–Crippen MR) is 136 cm³/mol. The molecule has 0 spiro atoms. The first-order valence-corrected chi connectivity index (χ1v) is 12.1. The number of anilines is 1. The highest BCUT2D eigenvalue weighted by molar-refractivity contribution is 5.79. The molecule has 0 bridgehead atoms. The van der Waals surface area contributed by atoms with Crippen molar-refractivity contribution in [2.75, 3.05) is 18.0 Å². The maximum absolute atomic E-state index is 14.4. The van der Waals surface area contributed by atoms with Crippen LogP contribution in [0.1, 0.15) is 44.1 Å². The molecule has 8 heteroatoms. The second-order valence-corrected chi connectivity index (χ2v) is 10.2. The van der Waals surface area contributed by atoms with Crippen LogP contribution in [0.3, 0.4) is 0 Å². The Hall–Kier alpha value is -3.78. The molecule has 1 saturated heterocycles. The van der Waals surface area contributed by atoms with Crippen LogP contribution in [0.2, 0.25) is 0 Å². The maximum atomic E-state index is 14.4. The summed E-state index contributed by atoms with van der Waals surface area (Å²) in [6.45, 7) is 7.58. The van der Waals surface area contributed by atoms with Crippen molar-refractivity contribution in [2.45, 2.75) is 39.7 Å². The monoisotopic (exact) mass is 488 g/mol. The Kier molecular flexibility index (Phi) is 6.00. The van der Waals surface area contributed by atoms with Crippen LogP contribution in [-0.4, -0.2) is 43.9 Å². The number of hydrogen-bond acceptors (Lipinski definition) is 5. The Balaban J connectivity index is 1.66. The minimum absolute atomic E-state index is 0.186. The number of aromatic nitrogens is 3. The van der Waals surface area contributed by atoms with Crippen molar-refractivity contribution in [1.82, 2.24) is 14.6 Å². The van der Waals surface area contributed by atoms with Gasteiger partial charge >= 0.3 is 5.97 Å². The highest BCUT2D eigenvalue weighted by Crippen LogP contribution is 2.37. The summed E-state index contributed by atoms with van der Waals surface area (Å²) in [4.78, 5) is 18.5. The molecule has 36 heavy (non-hydrogen) atoms. The zero-order valence-corrected chi connectivity index (χ0v) is 20.6. The van der Waals surface area contributed by atoms with Crippen molar-refractivity contribution < 1.29 is 19.4 Å². The number of hydrogen-bond donors (Lipinski definition) is 2. The van der Waals surface area contributed by atoms with Gasteiger partial charge in [0, 0.05) is 36.0 Å². The van der Waals surface area contributed by atoms with Crippen molar-refractivity contribution in [2.24, 2.45) is 5.41 Å². The molecular weight excluding hydrogens is 459 g/mol. The highest BCUT2D eigenvalue weighted by Gasteiger charge is 2.33. The van der Waals surface area contributed by atoms with Gasteiger partial charge in [-0.05, 0) is 42.9 Å². The van der Waals surface area contributed by atoms with Gasteiger partial charge in [-0.2, -0.15) is 9.61 Å². The predicted octanol–water partition coefficient (Wildman–Crippen LogP) is 5.26. The molecule has 7 nitrogen and oxygen atoms in total. The third-order valence-electron chi connectivity index (χ3n) is 7.07. The summed E-state index contributed by atoms with van der Waals surface area (Å²) in [6, 6.07) is 15.9. The van der Waals surface area contributed by atoms with Crippen LogP contribution in [0, 0.1) is 18.2 Å². The lowest BCUT2D eigenvalue weighted by atomic mass is 9.82. The zero-order chi connectivity index (χ0) is 25.6. The van der Waals surface area contributed by atoms with Crippen molar-refractivity contribution in [3.63, 3.8) is 0 Å². The summed E-state index contributed by atoms with van der Waals surface area (Å²) in [5.41, 5.74) is 4.08. The number of carboxylic acids is 1. The molecule has 0 aliphatic carbocycles. The molecule has 3 heterocycles. The second-order valence-electron chi connectivity index (χ2n) is 10.2. The van der Waals surface area contributed by atoms with E-state index in [4.69, 9.17) is 5.10 Å². The van der Waals surface area contributed by atoms with Gasteiger partial charge < -0.3 is 15.1 Å². The van der Waals surface area contributed by atoms with E-state index in [2.05, 4.69) is 23.7 Å². The lowest BCUT2D eigenvalue weighted by molar-refractivity contribution is -0.147. The molecule has 1 fully saturated rings. The fraction of sp³-hybridized carbons (Fsp3) is 0.321. The third kappa shape index (κ3) is 4.33. The van der Waals surface area contributed by atoms with E-state index in [0.29, 0.717) is 41.5 Å². The van der Waals surface area contributed by atoms with E-state index in [1.54, 1.807) is 29.6 Å².